The van der Waals surface area contributed by atoms with E-state index in [-0.39, 0.29) is 16.6 Å². The summed E-state index contributed by atoms with van der Waals surface area (Å²) in [6.45, 7) is 0.0937. The van der Waals surface area contributed by atoms with Gasteiger partial charge in [0.1, 0.15) is 24.0 Å². The molecular formula is C15H11BrF2O3. The third kappa shape index (κ3) is 3.78. The molecule has 0 saturated heterocycles. The lowest BCUT2D eigenvalue weighted by Gasteiger charge is -2.08. The molecule has 0 N–H and O–H groups in total. The standard InChI is InChI=1S/C15H11BrF2O3/c1-20-15(19)11-4-2-9(6-14(11)18)8-21-10-3-5-13(17)12(16)7-10/h2-7H,8H2,1H3. The van der Waals surface area contributed by atoms with Gasteiger partial charge in [-0.25, -0.2) is 13.6 Å². The van der Waals surface area contributed by atoms with Crippen LogP contribution in [0.3, 0.4) is 0 Å². The minimum absolute atomic E-state index is 0.0937. The van der Waals surface area contributed by atoms with Crippen LogP contribution in [-0.4, -0.2) is 13.1 Å². The van der Waals surface area contributed by atoms with Crippen molar-refractivity contribution in [1.82, 2.24) is 0 Å². The van der Waals surface area contributed by atoms with Crippen LogP contribution in [0.4, 0.5) is 8.78 Å². The van der Waals surface area contributed by atoms with Gasteiger partial charge in [-0.2, -0.15) is 0 Å². The van der Waals surface area contributed by atoms with E-state index in [0.717, 1.165) is 0 Å². The van der Waals surface area contributed by atoms with Crippen LogP contribution in [0.25, 0.3) is 0 Å². The van der Waals surface area contributed by atoms with E-state index >= 15 is 0 Å². The molecule has 110 valence electrons. The summed E-state index contributed by atoms with van der Waals surface area (Å²) >= 11 is 3.05. The molecule has 0 heterocycles. The van der Waals surface area contributed by atoms with Gasteiger partial charge in [0.05, 0.1) is 17.1 Å². The molecular weight excluding hydrogens is 346 g/mol. The summed E-state index contributed by atoms with van der Waals surface area (Å²) in [5.74, 6) is -1.36. The fourth-order valence-electron chi connectivity index (χ4n) is 1.66. The Bertz CT molecular complexity index is 674. The topological polar surface area (TPSA) is 35.5 Å². The Kier molecular flexibility index (Phi) is 4.90. The van der Waals surface area contributed by atoms with Crippen LogP contribution >= 0.6 is 15.9 Å². The molecule has 0 amide bonds. The second kappa shape index (κ2) is 6.67. The van der Waals surface area contributed by atoms with Crippen molar-refractivity contribution in [2.45, 2.75) is 6.61 Å². The van der Waals surface area contributed by atoms with Crippen LogP contribution in [0.1, 0.15) is 15.9 Å². The van der Waals surface area contributed by atoms with Crippen molar-refractivity contribution < 1.29 is 23.0 Å². The number of rotatable bonds is 4. The molecule has 0 aliphatic heterocycles. The second-order valence-corrected chi connectivity index (χ2v) is 5.02. The van der Waals surface area contributed by atoms with Crippen molar-refractivity contribution in [3.05, 3.63) is 63.6 Å². The summed E-state index contributed by atoms with van der Waals surface area (Å²) in [6.07, 6.45) is 0. The number of methoxy groups -OCH3 is 1. The minimum Gasteiger partial charge on any atom is -0.489 e. The molecule has 2 rings (SSSR count). The summed E-state index contributed by atoms with van der Waals surface area (Å²) in [5.41, 5.74) is 0.409. The van der Waals surface area contributed by atoms with Gasteiger partial charge >= 0.3 is 5.97 Å². The first-order valence-electron chi connectivity index (χ1n) is 5.96. The number of esters is 1. The molecule has 3 nitrogen and oxygen atoms in total. The van der Waals surface area contributed by atoms with Crippen molar-refractivity contribution in [3.63, 3.8) is 0 Å². The van der Waals surface area contributed by atoms with Crippen molar-refractivity contribution in [2.24, 2.45) is 0 Å². The lowest BCUT2D eigenvalue weighted by molar-refractivity contribution is 0.0595. The van der Waals surface area contributed by atoms with Gasteiger partial charge in [0.15, 0.2) is 0 Å². The fourth-order valence-corrected chi connectivity index (χ4v) is 2.01. The van der Waals surface area contributed by atoms with Gasteiger partial charge in [-0.1, -0.05) is 6.07 Å². The largest absolute Gasteiger partial charge is 0.489 e. The van der Waals surface area contributed by atoms with E-state index in [9.17, 15) is 13.6 Å². The average molecular weight is 357 g/mol. The highest BCUT2D eigenvalue weighted by Gasteiger charge is 2.12. The number of hydrogen-bond donors (Lipinski definition) is 0. The molecule has 0 aromatic heterocycles. The molecule has 0 radical (unpaired) electrons. The molecule has 0 spiro atoms. The molecule has 0 fully saturated rings. The lowest BCUT2D eigenvalue weighted by atomic mass is 10.1. The van der Waals surface area contributed by atoms with Crippen LogP contribution in [-0.2, 0) is 11.3 Å². The van der Waals surface area contributed by atoms with Crippen LogP contribution in [0.2, 0.25) is 0 Å². The van der Waals surface area contributed by atoms with Crippen LogP contribution in [0.15, 0.2) is 40.9 Å². The Morgan fingerprint density at radius 2 is 1.90 bits per heavy atom. The summed E-state index contributed by atoms with van der Waals surface area (Å²) in [7, 11) is 1.19. The van der Waals surface area contributed by atoms with Gasteiger partial charge < -0.3 is 9.47 Å². The lowest BCUT2D eigenvalue weighted by Crippen LogP contribution is -2.05. The van der Waals surface area contributed by atoms with E-state index in [0.29, 0.717) is 11.3 Å². The molecule has 0 aliphatic rings. The van der Waals surface area contributed by atoms with Crippen molar-refractivity contribution in [1.29, 1.82) is 0 Å². The van der Waals surface area contributed by atoms with Crippen molar-refractivity contribution in [3.8, 4) is 5.75 Å². The van der Waals surface area contributed by atoms with E-state index in [1.165, 1.54) is 37.4 Å². The summed E-state index contributed by atoms with van der Waals surface area (Å²) in [4.78, 5) is 11.3. The van der Waals surface area contributed by atoms with E-state index in [2.05, 4.69) is 20.7 Å². The molecule has 6 heteroatoms. The fraction of sp³-hybridized carbons (Fsp3) is 0.133. The second-order valence-electron chi connectivity index (χ2n) is 4.17. The maximum atomic E-state index is 13.7. The molecule has 2 aromatic rings. The number of halogens is 3. The average Bonchev–Trinajstić information content (AvgIpc) is 2.48. The third-order valence-corrected chi connectivity index (χ3v) is 3.34. The van der Waals surface area contributed by atoms with Gasteiger partial charge in [0.2, 0.25) is 0 Å². The van der Waals surface area contributed by atoms with E-state index in [1.54, 1.807) is 6.07 Å². The van der Waals surface area contributed by atoms with Crippen molar-refractivity contribution >= 4 is 21.9 Å². The maximum absolute atomic E-state index is 13.7. The van der Waals surface area contributed by atoms with Gasteiger partial charge in [-0.3, -0.25) is 0 Å². The summed E-state index contributed by atoms with van der Waals surface area (Å²) < 4.78 is 37.0. The highest BCUT2D eigenvalue weighted by Crippen LogP contribution is 2.22. The number of benzene rings is 2. The molecule has 0 saturated carbocycles. The first kappa shape index (κ1) is 15.4. The Balaban J connectivity index is 2.08. The number of ether oxygens (including phenoxy) is 2. The van der Waals surface area contributed by atoms with Crippen LogP contribution in [0, 0.1) is 11.6 Å². The Morgan fingerprint density at radius 1 is 1.14 bits per heavy atom. The highest BCUT2D eigenvalue weighted by molar-refractivity contribution is 9.10. The van der Waals surface area contributed by atoms with E-state index in [4.69, 9.17) is 4.74 Å². The zero-order valence-corrected chi connectivity index (χ0v) is 12.6. The van der Waals surface area contributed by atoms with Gasteiger partial charge in [0, 0.05) is 0 Å². The number of carbonyl (C=O) groups is 1. The predicted molar refractivity (Wildman–Crippen MR) is 76.2 cm³/mol. The van der Waals surface area contributed by atoms with Gasteiger partial charge in [-0.05, 0) is 51.8 Å². The first-order chi connectivity index (χ1) is 10.0. The smallest absolute Gasteiger partial charge is 0.340 e. The maximum Gasteiger partial charge on any atom is 0.340 e. The predicted octanol–water partition coefficient (Wildman–Crippen LogP) is 4.09. The molecule has 21 heavy (non-hydrogen) atoms. The molecule has 2 aromatic carbocycles. The van der Waals surface area contributed by atoms with Gasteiger partial charge in [0.25, 0.3) is 0 Å². The zero-order chi connectivity index (χ0) is 15.4. The van der Waals surface area contributed by atoms with Crippen LogP contribution in [0.5, 0.6) is 5.75 Å². The zero-order valence-electron chi connectivity index (χ0n) is 11.0. The minimum atomic E-state index is -0.734. The van der Waals surface area contributed by atoms with Crippen molar-refractivity contribution in [2.75, 3.05) is 7.11 Å². The Morgan fingerprint density at radius 3 is 2.52 bits per heavy atom. The molecule has 0 bridgehead atoms. The van der Waals surface area contributed by atoms with Crippen LogP contribution < -0.4 is 4.74 Å². The van der Waals surface area contributed by atoms with Gasteiger partial charge in [-0.15, -0.1) is 0 Å². The number of carbonyl (C=O) groups excluding carboxylic acids is 1. The SMILES string of the molecule is COC(=O)c1ccc(COc2ccc(F)c(Br)c2)cc1F. The highest BCUT2D eigenvalue weighted by atomic mass is 79.9. The summed E-state index contributed by atoms with van der Waals surface area (Å²) in [5, 5.41) is 0. The number of hydrogen-bond acceptors (Lipinski definition) is 3. The normalized spacial score (nSPS) is 10.3. The van der Waals surface area contributed by atoms with E-state index < -0.39 is 17.6 Å². The van der Waals surface area contributed by atoms with E-state index in [1.807, 2.05) is 0 Å². The third-order valence-electron chi connectivity index (χ3n) is 2.74. The summed E-state index contributed by atoms with van der Waals surface area (Å²) in [6, 6.07) is 8.31. The molecule has 0 atom stereocenters. The monoisotopic (exact) mass is 356 g/mol. The Hall–Kier alpha value is -1.95. The Labute approximate surface area is 128 Å². The quantitative estimate of drug-likeness (QED) is 0.774. The molecule has 0 aliphatic carbocycles. The first-order valence-corrected chi connectivity index (χ1v) is 6.75. The molecule has 0 unspecified atom stereocenters.